The Morgan fingerprint density at radius 3 is 2.71 bits per heavy atom. The highest BCUT2D eigenvalue weighted by Gasteiger charge is 2.28. The van der Waals surface area contributed by atoms with E-state index in [1.165, 1.54) is 5.56 Å². The molecule has 1 unspecified atom stereocenters. The minimum atomic E-state index is 0.00760. The summed E-state index contributed by atoms with van der Waals surface area (Å²) in [5.41, 5.74) is 2.34. The van der Waals surface area contributed by atoms with Crippen LogP contribution in [0.2, 0.25) is 0 Å². The van der Waals surface area contributed by atoms with Crippen molar-refractivity contribution in [1.29, 1.82) is 0 Å². The minimum Gasteiger partial charge on any atom is -0.319 e. The standard InChI is InChI=1S/C15H17NO/c1-3-16-10-9-14(15(16)17)11-12(2)13-7-5-4-6-8-13/h3-8,11,14H,1,9-10H2,2H3. The third-order valence-corrected chi connectivity index (χ3v) is 3.18. The summed E-state index contributed by atoms with van der Waals surface area (Å²) in [4.78, 5) is 13.6. The van der Waals surface area contributed by atoms with Gasteiger partial charge in [0.05, 0.1) is 5.92 Å². The predicted molar refractivity (Wildman–Crippen MR) is 70.1 cm³/mol. The second-order valence-corrected chi connectivity index (χ2v) is 4.33. The summed E-state index contributed by atoms with van der Waals surface area (Å²) in [7, 11) is 0. The summed E-state index contributed by atoms with van der Waals surface area (Å²) in [6.45, 7) is 6.49. The van der Waals surface area contributed by atoms with Gasteiger partial charge in [-0.15, -0.1) is 0 Å². The van der Waals surface area contributed by atoms with Crippen molar-refractivity contribution in [1.82, 2.24) is 4.90 Å². The molecule has 1 fully saturated rings. The van der Waals surface area contributed by atoms with Gasteiger partial charge in [-0.3, -0.25) is 4.79 Å². The fourth-order valence-corrected chi connectivity index (χ4v) is 2.16. The molecule has 1 amide bonds. The first-order valence-corrected chi connectivity index (χ1v) is 5.89. The topological polar surface area (TPSA) is 20.3 Å². The first-order chi connectivity index (χ1) is 8.22. The Balaban J connectivity index is 2.16. The first kappa shape index (κ1) is 11.6. The Labute approximate surface area is 102 Å². The third-order valence-electron chi connectivity index (χ3n) is 3.18. The second-order valence-electron chi connectivity index (χ2n) is 4.33. The van der Waals surface area contributed by atoms with Gasteiger partial charge < -0.3 is 4.90 Å². The molecule has 1 atom stereocenters. The van der Waals surface area contributed by atoms with Gasteiger partial charge in [0.1, 0.15) is 0 Å². The number of nitrogens with zero attached hydrogens (tertiary/aromatic N) is 1. The Bertz CT molecular complexity index is 447. The van der Waals surface area contributed by atoms with E-state index in [1.807, 2.05) is 18.2 Å². The normalized spacial score (nSPS) is 20.8. The molecular formula is C15H17NO. The van der Waals surface area contributed by atoms with E-state index in [2.05, 4.69) is 31.7 Å². The van der Waals surface area contributed by atoms with Gasteiger partial charge in [-0.25, -0.2) is 0 Å². The molecule has 17 heavy (non-hydrogen) atoms. The zero-order valence-electron chi connectivity index (χ0n) is 10.1. The smallest absolute Gasteiger partial charge is 0.233 e. The molecule has 1 aromatic carbocycles. The van der Waals surface area contributed by atoms with E-state index in [-0.39, 0.29) is 11.8 Å². The maximum atomic E-state index is 11.9. The number of amides is 1. The molecule has 2 nitrogen and oxygen atoms in total. The van der Waals surface area contributed by atoms with E-state index >= 15 is 0 Å². The molecule has 1 aliphatic heterocycles. The zero-order chi connectivity index (χ0) is 12.3. The largest absolute Gasteiger partial charge is 0.319 e. The van der Waals surface area contributed by atoms with Gasteiger partial charge in [0.25, 0.3) is 0 Å². The average Bonchev–Trinajstić information content (AvgIpc) is 2.71. The van der Waals surface area contributed by atoms with Gasteiger partial charge >= 0.3 is 0 Å². The maximum Gasteiger partial charge on any atom is 0.233 e. The monoisotopic (exact) mass is 227 g/mol. The van der Waals surface area contributed by atoms with Crippen LogP contribution in [0.15, 0.2) is 49.2 Å². The zero-order valence-corrected chi connectivity index (χ0v) is 10.1. The molecule has 2 heteroatoms. The number of benzene rings is 1. The summed E-state index contributed by atoms with van der Waals surface area (Å²) < 4.78 is 0. The van der Waals surface area contributed by atoms with Crippen LogP contribution in [0, 0.1) is 5.92 Å². The highest BCUT2D eigenvalue weighted by Crippen LogP contribution is 2.24. The predicted octanol–water partition coefficient (Wildman–Crippen LogP) is 3.08. The molecule has 88 valence electrons. The number of allylic oxidation sites excluding steroid dienone is 1. The van der Waals surface area contributed by atoms with Crippen LogP contribution in [0.4, 0.5) is 0 Å². The van der Waals surface area contributed by atoms with Crippen molar-refractivity contribution in [2.45, 2.75) is 13.3 Å². The van der Waals surface area contributed by atoms with Crippen LogP contribution in [-0.2, 0) is 4.79 Å². The lowest BCUT2D eigenvalue weighted by Crippen LogP contribution is -2.20. The molecule has 0 radical (unpaired) electrons. The Morgan fingerprint density at radius 1 is 1.41 bits per heavy atom. The molecule has 0 bridgehead atoms. The van der Waals surface area contributed by atoms with Gasteiger partial charge in [0.2, 0.25) is 5.91 Å². The number of hydrogen-bond acceptors (Lipinski definition) is 1. The molecule has 0 aromatic heterocycles. The highest BCUT2D eigenvalue weighted by atomic mass is 16.2. The van der Waals surface area contributed by atoms with Gasteiger partial charge in [-0.05, 0) is 30.7 Å². The number of hydrogen-bond donors (Lipinski definition) is 0. The molecule has 1 saturated heterocycles. The molecule has 1 heterocycles. The maximum absolute atomic E-state index is 11.9. The summed E-state index contributed by atoms with van der Waals surface area (Å²) in [6, 6.07) is 10.2. The molecule has 1 aliphatic rings. The fraction of sp³-hybridized carbons (Fsp3) is 0.267. The van der Waals surface area contributed by atoms with E-state index in [9.17, 15) is 4.79 Å². The minimum absolute atomic E-state index is 0.00760. The Hall–Kier alpha value is -1.83. The molecular weight excluding hydrogens is 210 g/mol. The quantitative estimate of drug-likeness (QED) is 0.777. The van der Waals surface area contributed by atoms with E-state index < -0.39 is 0 Å². The summed E-state index contributed by atoms with van der Waals surface area (Å²) in [6.07, 6.45) is 4.57. The molecule has 0 spiro atoms. The average molecular weight is 227 g/mol. The van der Waals surface area contributed by atoms with E-state index in [4.69, 9.17) is 0 Å². The number of likely N-dealkylation sites (tertiary alicyclic amines) is 1. The van der Waals surface area contributed by atoms with Gasteiger partial charge in [-0.2, -0.15) is 0 Å². The van der Waals surface area contributed by atoms with E-state index in [1.54, 1.807) is 11.1 Å². The lowest BCUT2D eigenvalue weighted by molar-refractivity contribution is -0.127. The Morgan fingerprint density at radius 2 is 2.12 bits per heavy atom. The van der Waals surface area contributed by atoms with Crippen molar-refractivity contribution in [3.8, 4) is 0 Å². The SMILES string of the molecule is C=CN1CCC(C=C(C)c2ccccc2)C1=O. The molecule has 0 N–H and O–H groups in total. The molecule has 1 aromatic rings. The molecule has 0 aliphatic carbocycles. The third kappa shape index (κ3) is 2.47. The summed E-state index contributed by atoms with van der Waals surface area (Å²) in [5, 5.41) is 0. The van der Waals surface area contributed by atoms with Crippen LogP contribution < -0.4 is 0 Å². The number of carbonyl (C=O) groups excluding carboxylic acids is 1. The van der Waals surface area contributed by atoms with Crippen LogP contribution in [-0.4, -0.2) is 17.4 Å². The van der Waals surface area contributed by atoms with Gasteiger partial charge in [-0.1, -0.05) is 43.0 Å². The number of carbonyl (C=O) groups is 1. The van der Waals surface area contributed by atoms with Crippen molar-refractivity contribution >= 4 is 11.5 Å². The van der Waals surface area contributed by atoms with Gasteiger partial charge in [0.15, 0.2) is 0 Å². The van der Waals surface area contributed by atoms with E-state index in [0.717, 1.165) is 18.5 Å². The lowest BCUT2D eigenvalue weighted by Gasteiger charge is -2.09. The highest BCUT2D eigenvalue weighted by molar-refractivity contribution is 5.85. The summed E-state index contributed by atoms with van der Waals surface area (Å²) >= 11 is 0. The van der Waals surface area contributed by atoms with Gasteiger partial charge in [0, 0.05) is 6.54 Å². The number of rotatable bonds is 3. The van der Waals surface area contributed by atoms with Crippen LogP contribution in [0.1, 0.15) is 18.9 Å². The van der Waals surface area contributed by atoms with Crippen LogP contribution in [0.25, 0.3) is 5.57 Å². The molecule has 0 saturated carbocycles. The van der Waals surface area contributed by atoms with Crippen LogP contribution >= 0.6 is 0 Å². The van der Waals surface area contributed by atoms with Crippen molar-refractivity contribution in [2.24, 2.45) is 5.92 Å². The summed E-state index contributed by atoms with van der Waals surface area (Å²) in [5.74, 6) is 0.170. The Kier molecular flexibility index (Phi) is 3.43. The van der Waals surface area contributed by atoms with Crippen LogP contribution in [0.3, 0.4) is 0 Å². The lowest BCUT2D eigenvalue weighted by atomic mass is 10.0. The van der Waals surface area contributed by atoms with Crippen molar-refractivity contribution in [3.05, 3.63) is 54.8 Å². The van der Waals surface area contributed by atoms with Crippen molar-refractivity contribution in [3.63, 3.8) is 0 Å². The fourth-order valence-electron chi connectivity index (χ4n) is 2.16. The first-order valence-electron chi connectivity index (χ1n) is 5.89. The van der Waals surface area contributed by atoms with Crippen molar-refractivity contribution in [2.75, 3.05) is 6.54 Å². The van der Waals surface area contributed by atoms with Crippen molar-refractivity contribution < 1.29 is 4.79 Å². The van der Waals surface area contributed by atoms with Crippen LogP contribution in [0.5, 0.6) is 0 Å². The second kappa shape index (κ2) is 5.00. The molecule has 2 rings (SSSR count). The van der Waals surface area contributed by atoms with E-state index in [0.29, 0.717) is 0 Å².